The SMILES string of the molecule is C=CCNC(=O)[C@H](C)OC(=O)c1cc(C2CC2)nn1-c1ccccc1. The molecule has 1 aromatic carbocycles. The smallest absolute Gasteiger partial charge is 0.357 e. The van der Waals surface area contributed by atoms with Gasteiger partial charge in [0.1, 0.15) is 0 Å². The first-order valence-corrected chi connectivity index (χ1v) is 8.35. The molecule has 6 nitrogen and oxygen atoms in total. The van der Waals surface area contributed by atoms with Crippen LogP contribution in [0.5, 0.6) is 0 Å². The van der Waals surface area contributed by atoms with Gasteiger partial charge in [0.25, 0.3) is 5.91 Å². The molecule has 25 heavy (non-hydrogen) atoms. The number of carbonyl (C=O) groups excluding carboxylic acids is 2. The first-order valence-electron chi connectivity index (χ1n) is 8.35. The Kier molecular flexibility index (Phi) is 4.97. The van der Waals surface area contributed by atoms with Gasteiger partial charge in [0.05, 0.1) is 11.4 Å². The van der Waals surface area contributed by atoms with E-state index in [1.165, 1.54) is 0 Å². The van der Waals surface area contributed by atoms with Gasteiger partial charge in [-0.25, -0.2) is 9.48 Å². The monoisotopic (exact) mass is 339 g/mol. The maximum Gasteiger partial charge on any atom is 0.357 e. The Balaban J connectivity index is 1.81. The zero-order valence-corrected chi connectivity index (χ0v) is 14.1. The summed E-state index contributed by atoms with van der Waals surface area (Å²) in [5, 5.41) is 7.18. The lowest BCUT2D eigenvalue weighted by atomic mass is 10.2. The minimum atomic E-state index is -0.893. The predicted molar refractivity (Wildman–Crippen MR) is 93.6 cm³/mol. The van der Waals surface area contributed by atoms with Crippen molar-refractivity contribution in [3.05, 3.63) is 60.4 Å². The summed E-state index contributed by atoms with van der Waals surface area (Å²) in [5.41, 5.74) is 2.00. The molecule has 6 heteroatoms. The molecule has 1 aromatic heterocycles. The molecule has 1 heterocycles. The minimum Gasteiger partial charge on any atom is -0.448 e. The molecule has 130 valence electrons. The number of benzene rings is 1. The molecule has 1 amide bonds. The maximum absolute atomic E-state index is 12.6. The van der Waals surface area contributed by atoms with Gasteiger partial charge >= 0.3 is 5.97 Å². The molecule has 2 aromatic rings. The van der Waals surface area contributed by atoms with Crippen molar-refractivity contribution in [2.24, 2.45) is 0 Å². The van der Waals surface area contributed by atoms with Crippen LogP contribution in [0, 0.1) is 0 Å². The second-order valence-corrected chi connectivity index (χ2v) is 6.06. The molecule has 0 saturated heterocycles. The van der Waals surface area contributed by atoms with Crippen LogP contribution in [0.4, 0.5) is 0 Å². The van der Waals surface area contributed by atoms with Gasteiger partial charge in [0, 0.05) is 12.5 Å². The quantitative estimate of drug-likeness (QED) is 0.622. The van der Waals surface area contributed by atoms with Gasteiger partial charge in [-0.05, 0) is 38.0 Å². The number of amides is 1. The van der Waals surface area contributed by atoms with Crippen LogP contribution in [0.3, 0.4) is 0 Å². The van der Waals surface area contributed by atoms with Gasteiger partial charge in [-0.3, -0.25) is 4.79 Å². The lowest BCUT2D eigenvalue weighted by Gasteiger charge is -2.13. The molecule has 0 bridgehead atoms. The van der Waals surface area contributed by atoms with E-state index in [1.807, 2.05) is 30.3 Å². The average molecular weight is 339 g/mol. The van der Waals surface area contributed by atoms with Crippen molar-refractivity contribution in [2.75, 3.05) is 6.54 Å². The number of nitrogens with zero attached hydrogens (tertiary/aromatic N) is 2. The highest BCUT2D eigenvalue weighted by atomic mass is 16.5. The topological polar surface area (TPSA) is 73.2 Å². The highest BCUT2D eigenvalue weighted by Crippen LogP contribution is 2.39. The van der Waals surface area contributed by atoms with Gasteiger partial charge in [-0.1, -0.05) is 24.3 Å². The van der Waals surface area contributed by atoms with Gasteiger partial charge in [0.15, 0.2) is 11.8 Å². The zero-order valence-electron chi connectivity index (χ0n) is 14.1. The fourth-order valence-electron chi connectivity index (χ4n) is 2.48. The number of carbonyl (C=O) groups is 2. The Labute approximate surface area is 146 Å². The van der Waals surface area contributed by atoms with Gasteiger partial charge in [-0.2, -0.15) is 5.10 Å². The maximum atomic E-state index is 12.6. The standard InChI is InChI=1S/C19H21N3O3/c1-3-11-20-18(23)13(2)25-19(24)17-12-16(14-9-10-14)21-22(17)15-7-5-4-6-8-15/h3-8,12-14H,1,9-11H2,2H3,(H,20,23)/t13-/m0/s1. The Hall–Kier alpha value is -2.89. The van der Waals surface area contributed by atoms with Gasteiger partial charge in [0.2, 0.25) is 0 Å². The second-order valence-electron chi connectivity index (χ2n) is 6.06. The number of aromatic nitrogens is 2. The second kappa shape index (κ2) is 7.34. The summed E-state index contributed by atoms with van der Waals surface area (Å²) in [6.07, 6.45) is 2.84. The van der Waals surface area contributed by atoms with E-state index in [9.17, 15) is 9.59 Å². The summed E-state index contributed by atoms with van der Waals surface area (Å²) in [7, 11) is 0. The van der Waals surface area contributed by atoms with Gasteiger partial charge < -0.3 is 10.1 Å². The molecule has 0 aliphatic heterocycles. The van der Waals surface area contributed by atoms with E-state index in [4.69, 9.17) is 4.74 Å². The Bertz CT molecular complexity index is 778. The molecule has 1 aliphatic rings. The highest BCUT2D eigenvalue weighted by Gasteiger charge is 2.30. The van der Waals surface area contributed by atoms with Crippen LogP contribution in [0.25, 0.3) is 5.69 Å². The number of esters is 1. The lowest BCUT2D eigenvalue weighted by molar-refractivity contribution is -0.128. The van der Waals surface area contributed by atoms with Crippen molar-refractivity contribution in [2.45, 2.75) is 31.8 Å². The third-order valence-corrected chi connectivity index (χ3v) is 4.01. The van der Waals surface area contributed by atoms with Crippen LogP contribution in [0.15, 0.2) is 49.1 Å². The van der Waals surface area contributed by atoms with Crippen LogP contribution >= 0.6 is 0 Å². The number of para-hydroxylation sites is 1. The first-order chi connectivity index (χ1) is 12.1. The Morgan fingerprint density at radius 2 is 2.12 bits per heavy atom. The summed E-state index contributed by atoms with van der Waals surface area (Å²) >= 11 is 0. The fraction of sp³-hybridized carbons (Fsp3) is 0.316. The van der Waals surface area contributed by atoms with Crippen molar-refractivity contribution in [1.29, 1.82) is 0 Å². The summed E-state index contributed by atoms with van der Waals surface area (Å²) < 4.78 is 6.91. The van der Waals surface area contributed by atoms with Crippen molar-refractivity contribution < 1.29 is 14.3 Å². The van der Waals surface area contributed by atoms with E-state index in [-0.39, 0.29) is 5.91 Å². The Morgan fingerprint density at radius 3 is 2.76 bits per heavy atom. The third kappa shape index (κ3) is 3.96. The largest absolute Gasteiger partial charge is 0.448 e. The highest BCUT2D eigenvalue weighted by molar-refractivity contribution is 5.91. The molecule has 3 rings (SSSR count). The van der Waals surface area contributed by atoms with Crippen LogP contribution in [-0.4, -0.2) is 34.3 Å². The molecule has 1 N–H and O–H groups in total. The molecule has 1 fully saturated rings. The fourth-order valence-corrected chi connectivity index (χ4v) is 2.48. The van der Waals surface area contributed by atoms with E-state index in [1.54, 1.807) is 23.7 Å². The number of rotatable bonds is 7. The Morgan fingerprint density at radius 1 is 1.40 bits per heavy atom. The number of nitrogens with one attached hydrogen (secondary N) is 1. The van der Waals surface area contributed by atoms with Crippen LogP contribution in [0.2, 0.25) is 0 Å². The molecule has 1 aliphatic carbocycles. The van der Waals surface area contributed by atoms with Crippen molar-refractivity contribution in [1.82, 2.24) is 15.1 Å². The number of ether oxygens (including phenoxy) is 1. The summed E-state index contributed by atoms with van der Waals surface area (Å²) in [4.78, 5) is 24.5. The van der Waals surface area contributed by atoms with Crippen molar-refractivity contribution in [3.8, 4) is 5.69 Å². The minimum absolute atomic E-state index is 0.328. The summed E-state index contributed by atoms with van der Waals surface area (Å²) in [5.74, 6) is -0.518. The van der Waals surface area contributed by atoms with E-state index in [2.05, 4.69) is 17.0 Å². The molecule has 1 atom stereocenters. The predicted octanol–water partition coefficient (Wildman–Crippen LogP) is 2.60. The van der Waals surface area contributed by atoms with Crippen LogP contribution in [0.1, 0.15) is 41.9 Å². The van der Waals surface area contributed by atoms with E-state index >= 15 is 0 Å². The molecular formula is C19H21N3O3. The van der Waals surface area contributed by atoms with Crippen LogP contribution < -0.4 is 5.32 Å². The van der Waals surface area contributed by atoms with Crippen LogP contribution in [-0.2, 0) is 9.53 Å². The first kappa shape index (κ1) is 17.0. The number of hydrogen-bond donors (Lipinski definition) is 1. The number of hydrogen-bond acceptors (Lipinski definition) is 4. The summed E-state index contributed by atoms with van der Waals surface area (Å²) in [6, 6.07) is 11.2. The average Bonchev–Trinajstić information content (AvgIpc) is 3.38. The van der Waals surface area contributed by atoms with E-state index in [0.29, 0.717) is 18.2 Å². The lowest BCUT2D eigenvalue weighted by Crippen LogP contribution is -2.36. The van der Waals surface area contributed by atoms with Gasteiger partial charge in [-0.15, -0.1) is 6.58 Å². The normalized spacial score (nSPS) is 14.6. The van der Waals surface area contributed by atoms with Crippen molar-refractivity contribution >= 4 is 11.9 Å². The summed E-state index contributed by atoms with van der Waals surface area (Å²) in [6.45, 7) is 5.41. The molecular weight excluding hydrogens is 318 g/mol. The van der Waals surface area contributed by atoms with E-state index < -0.39 is 12.1 Å². The molecule has 1 saturated carbocycles. The van der Waals surface area contributed by atoms with Crippen molar-refractivity contribution in [3.63, 3.8) is 0 Å². The third-order valence-electron chi connectivity index (χ3n) is 4.01. The zero-order chi connectivity index (χ0) is 17.8. The molecule has 0 spiro atoms. The molecule has 0 unspecified atom stereocenters. The molecule has 0 radical (unpaired) electrons. The van der Waals surface area contributed by atoms with E-state index in [0.717, 1.165) is 24.2 Å².